The van der Waals surface area contributed by atoms with Crippen LogP contribution in [0.5, 0.6) is 0 Å². The molecule has 0 aromatic carbocycles. The van der Waals surface area contributed by atoms with E-state index in [4.69, 9.17) is 0 Å². The van der Waals surface area contributed by atoms with E-state index in [0.717, 1.165) is 30.4 Å². The Balaban J connectivity index is 0.00000144. The predicted molar refractivity (Wildman–Crippen MR) is 72.4 cm³/mol. The van der Waals surface area contributed by atoms with Crippen molar-refractivity contribution >= 4 is 33.7 Å². The quantitative estimate of drug-likeness (QED) is 0.847. The molecule has 0 amide bonds. The first-order valence-corrected chi connectivity index (χ1v) is 7.74. The zero-order valence-corrected chi connectivity index (χ0v) is 14.3. The molecule has 1 N–H and O–H groups in total. The molecule has 1 aromatic rings. The summed E-state index contributed by atoms with van der Waals surface area (Å²) in [5.41, 5.74) is 0. The summed E-state index contributed by atoms with van der Waals surface area (Å²) in [4.78, 5) is 7.45. The molecule has 0 saturated carbocycles. The molecule has 0 bridgehead atoms. The molecule has 91 valence electrons. The Kier molecular flexibility index (Phi) is 6.27. The van der Waals surface area contributed by atoms with Crippen LogP contribution in [0.1, 0.15) is 11.3 Å². The van der Waals surface area contributed by atoms with Gasteiger partial charge in [0.05, 0.1) is 0 Å². The summed E-state index contributed by atoms with van der Waals surface area (Å²) < 4.78 is 1.08. The minimum absolute atomic E-state index is 0. The molecular formula is C10H15N4S2Y-. The van der Waals surface area contributed by atoms with Gasteiger partial charge in [-0.1, -0.05) is 5.87 Å². The molecule has 2 heterocycles. The van der Waals surface area contributed by atoms with Crippen molar-refractivity contribution in [2.24, 2.45) is 0 Å². The monoisotopic (exact) mass is 344 g/mol. The van der Waals surface area contributed by atoms with Crippen LogP contribution in [0.3, 0.4) is 0 Å². The molecule has 1 saturated heterocycles. The smallest absolute Gasteiger partial charge is 0.143 e. The molecule has 4 nitrogen and oxygen atoms in total. The summed E-state index contributed by atoms with van der Waals surface area (Å²) in [7, 11) is -0.0194. The third-order valence-corrected chi connectivity index (χ3v) is 4.95. The number of aromatic nitrogens is 1. The predicted octanol–water partition coefficient (Wildman–Crippen LogP) is 1.55. The maximum atomic E-state index is 9.65. The van der Waals surface area contributed by atoms with Gasteiger partial charge in [0.25, 0.3) is 0 Å². The molecule has 17 heavy (non-hydrogen) atoms. The largest absolute Gasteiger partial charge is 0.440 e. The van der Waals surface area contributed by atoms with E-state index in [0.29, 0.717) is 0 Å². The zero-order valence-electron chi connectivity index (χ0n) is 9.85. The van der Waals surface area contributed by atoms with E-state index in [-0.39, 0.29) is 49.2 Å². The fraction of sp³-hybridized carbons (Fsp3) is 0.500. The van der Waals surface area contributed by atoms with Crippen molar-refractivity contribution in [2.45, 2.75) is 17.3 Å². The topological polar surface area (TPSA) is 50.5 Å². The van der Waals surface area contributed by atoms with Crippen molar-refractivity contribution in [3.63, 3.8) is 0 Å². The number of hydrogen-bond acceptors (Lipinski definition) is 2. The number of guanidine groups is 1. The molecule has 1 aliphatic heterocycles. The minimum Gasteiger partial charge on any atom is -0.440 e. The van der Waals surface area contributed by atoms with Gasteiger partial charge in [-0.2, -0.15) is 0 Å². The standard InChI is InChI=1S/C10H15N4S2.Y/c1-16(2)10-13-6-8(15-10)7-14-5-3-4-12-9(14)11;/h6H,1,3-5,7H2,2H3,(H-,11,12);/q-1;. The van der Waals surface area contributed by atoms with Gasteiger partial charge in [0, 0.05) is 56.3 Å². The Labute approximate surface area is 134 Å². The van der Waals surface area contributed by atoms with E-state index >= 15 is 0 Å². The average molecular weight is 344 g/mol. The van der Waals surface area contributed by atoms with Gasteiger partial charge >= 0.3 is 0 Å². The van der Waals surface area contributed by atoms with Gasteiger partial charge in [-0.05, 0) is 25.8 Å². The first-order chi connectivity index (χ1) is 7.66. The molecule has 1 aliphatic rings. The van der Waals surface area contributed by atoms with Crippen LogP contribution in [-0.4, -0.2) is 41.1 Å². The summed E-state index contributed by atoms with van der Waals surface area (Å²) in [5.74, 6) is 4.26. The second-order valence-corrected chi connectivity index (χ2v) is 6.79. The third-order valence-electron chi connectivity index (χ3n) is 2.36. The molecule has 1 atom stereocenters. The van der Waals surface area contributed by atoms with Crippen LogP contribution in [0.2, 0.25) is 0 Å². The van der Waals surface area contributed by atoms with Crippen LogP contribution in [0.4, 0.5) is 0 Å². The molecule has 7 heteroatoms. The molecule has 0 spiro atoms. The first-order valence-electron chi connectivity index (χ1n) is 5.12. The van der Waals surface area contributed by atoms with Gasteiger partial charge in [-0.15, -0.1) is 21.8 Å². The van der Waals surface area contributed by atoms with E-state index in [9.17, 15) is 5.41 Å². The van der Waals surface area contributed by atoms with E-state index in [1.165, 1.54) is 4.88 Å². The van der Waals surface area contributed by atoms with Gasteiger partial charge in [-0.25, -0.2) is 4.98 Å². The Bertz CT molecular complexity index is 418. The number of nitrogens with one attached hydrogen (secondary N) is 1. The fourth-order valence-electron chi connectivity index (χ4n) is 1.55. The maximum Gasteiger partial charge on any atom is 0.143 e. The molecule has 1 fully saturated rings. The van der Waals surface area contributed by atoms with Gasteiger partial charge in [0.15, 0.2) is 0 Å². The van der Waals surface area contributed by atoms with Crippen molar-refractivity contribution in [3.05, 3.63) is 16.5 Å². The zero-order chi connectivity index (χ0) is 11.5. The van der Waals surface area contributed by atoms with Crippen LogP contribution in [0.15, 0.2) is 10.5 Å². The third kappa shape index (κ3) is 4.12. The molecule has 2 rings (SSSR count). The Morgan fingerprint density at radius 1 is 1.71 bits per heavy atom. The van der Waals surface area contributed by atoms with Crippen LogP contribution < -0.4 is 5.32 Å². The van der Waals surface area contributed by atoms with E-state index in [1.54, 1.807) is 11.3 Å². The Morgan fingerprint density at radius 2 is 2.47 bits per heavy atom. The Morgan fingerprint density at radius 3 is 3.06 bits per heavy atom. The van der Waals surface area contributed by atoms with Crippen molar-refractivity contribution in [2.75, 3.05) is 19.3 Å². The molecule has 1 unspecified atom stereocenters. The Hall–Kier alpha value is 0.224. The molecule has 1 aromatic heterocycles. The molecule has 0 aliphatic carbocycles. The second kappa shape index (κ2) is 6.97. The average Bonchev–Trinajstić information content (AvgIpc) is 2.70. The summed E-state index contributed by atoms with van der Waals surface area (Å²) in [6.45, 7) is 2.48. The van der Waals surface area contributed by atoms with Gasteiger partial charge in [0.2, 0.25) is 0 Å². The van der Waals surface area contributed by atoms with E-state index in [1.807, 2.05) is 11.1 Å². The molecule has 1 radical (unpaired) electrons. The second-order valence-electron chi connectivity index (χ2n) is 3.76. The van der Waals surface area contributed by atoms with Crippen molar-refractivity contribution in [3.8, 4) is 0 Å². The normalized spacial score (nSPS) is 17.2. The SMILES string of the molecule is C=S(C)c1ncc(CN2CCCNC2=[N-])s1.[Y]. The number of rotatable bonds is 3. The van der Waals surface area contributed by atoms with Crippen LogP contribution >= 0.6 is 21.8 Å². The summed E-state index contributed by atoms with van der Waals surface area (Å²) in [6.07, 6.45) is 5.01. The van der Waals surface area contributed by atoms with Gasteiger partial charge in [0.1, 0.15) is 4.34 Å². The van der Waals surface area contributed by atoms with E-state index < -0.39 is 0 Å². The maximum absolute atomic E-state index is 9.65. The van der Waals surface area contributed by atoms with Gasteiger partial charge in [-0.3, -0.25) is 0 Å². The van der Waals surface area contributed by atoms with Crippen LogP contribution in [0, 0.1) is 0 Å². The minimum atomic E-state index is -0.0194. The van der Waals surface area contributed by atoms with Crippen LogP contribution in [-0.2, 0) is 39.3 Å². The summed E-state index contributed by atoms with van der Waals surface area (Å²) in [6, 6.07) is 0. The molecular weight excluding hydrogens is 329 g/mol. The van der Waals surface area contributed by atoms with Crippen LogP contribution in [0.25, 0.3) is 5.41 Å². The fourth-order valence-corrected chi connectivity index (χ4v) is 3.33. The number of hydrogen-bond donors (Lipinski definition) is 1. The van der Waals surface area contributed by atoms with Gasteiger partial charge < -0.3 is 15.6 Å². The van der Waals surface area contributed by atoms with E-state index in [2.05, 4.69) is 22.4 Å². The number of thiazole rings is 1. The van der Waals surface area contributed by atoms with Crippen molar-refractivity contribution in [1.82, 2.24) is 15.2 Å². The first kappa shape index (κ1) is 15.3. The summed E-state index contributed by atoms with van der Waals surface area (Å²) in [5, 5.41) is 12.6. The number of nitrogens with zero attached hydrogens (tertiary/aromatic N) is 3. The van der Waals surface area contributed by atoms with Crippen molar-refractivity contribution < 1.29 is 32.7 Å². The summed E-state index contributed by atoms with van der Waals surface area (Å²) >= 11 is 1.68. The van der Waals surface area contributed by atoms with Crippen molar-refractivity contribution in [1.29, 1.82) is 0 Å².